The Hall–Kier alpha value is -1.13. The Bertz CT molecular complexity index is 342. The number of benzene rings is 1. The van der Waals surface area contributed by atoms with Crippen LogP contribution >= 0.6 is 0 Å². The highest BCUT2D eigenvalue weighted by Crippen LogP contribution is 2.17. The first-order valence-corrected chi connectivity index (χ1v) is 5.38. The highest BCUT2D eigenvalue weighted by atomic mass is 19.1. The number of phenols is 1. The van der Waals surface area contributed by atoms with Crippen LogP contribution in [0.3, 0.4) is 0 Å². The molecular formula is C12H18FNO2. The molecule has 4 heteroatoms. The van der Waals surface area contributed by atoms with Crippen LogP contribution in [-0.4, -0.2) is 22.4 Å². The molecule has 2 atom stereocenters. The van der Waals surface area contributed by atoms with Gasteiger partial charge in [0.1, 0.15) is 11.6 Å². The summed E-state index contributed by atoms with van der Waals surface area (Å²) in [5.41, 5.74) is 0.525. The van der Waals surface area contributed by atoms with Crippen LogP contribution < -0.4 is 5.32 Å². The van der Waals surface area contributed by atoms with Crippen molar-refractivity contribution in [2.24, 2.45) is 0 Å². The number of aromatic hydroxyl groups is 1. The fraction of sp³-hybridized carbons (Fsp3) is 0.500. The van der Waals surface area contributed by atoms with Crippen molar-refractivity contribution < 1.29 is 14.6 Å². The highest BCUT2D eigenvalue weighted by molar-refractivity contribution is 5.32. The lowest BCUT2D eigenvalue weighted by Gasteiger charge is -2.15. The van der Waals surface area contributed by atoms with E-state index in [9.17, 15) is 9.50 Å². The van der Waals surface area contributed by atoms with Crippen LogP contribution in [0.5, 0.6) is 5.75 Å². The van der Waals surface area contributed by atoms with Gasteiger partial charge in [0.25, 0.3) is 0 Å². The van der Waals surface area contributed by atoms with E-state index in [2.05, 4.69) is 5.32 Å². The van der Waals surface area contributed by atoms with Crippen LogP contribution in [0.2, 0.25) is 0 Å². The van der Waals surface area contributed by atoms with E-state index in [0.717, 1.165) is 0 Å². The van der Waals surface area contributed by atoms with Crippen LogP contribution in [0.15, 0.2) is 18.2 Å². The standard InChI is InChI=1S/C12H18FNO2/c1-8(5-9(2)15)14-7-10-6-11(13)3-4-12(10)16/h3-4,6,8-9,14-16H,5,7H2,1-2H3. The average molecular weight is 227 g/mol. The molecule has 1 rings (SSSR count). The molecule has 0 aliphatic rings. The second-order valence-corrected chi connectivity index (χ2v) is 4.14. The Kier molecular flexibility index (Phi) is 4.71. The molecule has 90 valence electrons. The molecule has 0 aliphatic carbocycles. The van der Waals surface area contributed by atoms with Gasteiger partial charge in [0.2, 0.25) is 0 Å². The summed E-state index contributed by atoms with van der Waals surface area (Å²) in [7, 11) is 0. The minimum atomic E-state index is -0.372. The van der Waals surface area contributed by atoms with Gasteiger partial charge in [0.15, 0.2) is 0 Å². The number of aliphatic hydroxyl groups is 1. The number of phenolic OH excluding ortho intramolecular Hbond substituents is 1. The summed E-state index contributed by atoms with van der Waals surface area (Å²) in [6.45, 7) is 4.04. The molecule has 1 aromatic carbocycles. The van der Waals surface area contributed by atoms with E-state index >= 15 is 0 Å². The predicted octanol–water partition coefficient (Wildman–Crippen LogP) is 1.78. The summed E-state index contributed by atoms with van der Waals surface area (Å²) >= 11 is 0. The van der Waals surface area contributed by atoms with E-state index in [1.807, 2.05) is 6.92 Å². The molecule has 0 radical (unpaired) electrons. The minimum Gasteiger partial charge on any atom is -0.508 e. The summed E-state index contributed by atoms with van der Waals surface area (Å²) in [6.07, 6.45) is 0.249. The fourth-order valence-corrected chi connectivity index (χ4v) is 1.57. The van der Waals surface area contributed by atoms with Crippen molar-refractivity contribution in [3.8, 4) is 5.75 Å². The summed E-state index contributed by atoms with van der Waals surface area (Å²) in [5, 5.41) is 21.8. The third kappa shape index (κ3) is 4.16. The van der Waals surface area contributed by atoms with Gasteiger partial charge in [0.05, 0.1) is 6.10 Å². The van der Waals surface area contributed by atoms with Crippen molar-refractivity contribution in [1.82, 2.24) is 5.32 Å². The predicted molar refractivity (Wildman–Crippen MR) is 60.7 cm³/mol. The number of rotatable bonds is 5. The van der Waals surface area contributed by atoms with Crippen molar-refractivity contribution in [2.45, 2.75) is 39.0 Å². The van der Waals surface area contributed by atoms with Gasteiger partial charge < -0.3 is 15.5 Å². The van der Waals surface area contributed by atoms with Gasteiger partial charge in [-0.3, -0.25) is 0 Å². The van der Waals surface area contributed by atoms with Gasteiger partial charge in [-0.25, -0.2) is 4.39 Å². The van der Waals surface area contributed by atoms with E-state index in [0.29, 0.717) is 18.5 Å². The Balaban J connectivity index is 2.51. The van der Waals surface area contributed by atoms with Gasteiger partial charge in [0, 0.05) is 18.2 Å². The molecule has 0 bridgehead atoms. The van der Waals surface area contributed by atoms with Gasteiger partial charge in [-0.15, -0.1) is 0 Å². The van der Waals surface area contributed by atoms with E-state index in [1.54, 1.807) is 6.92 Å². The SMILES string of the molecule is CC(O)CC(C)NCc1cc(F)ccc1O. The third-order valence-electron chi connectivity index (χ3n) is 2.38. The van der Waals surface area contributed by atoms with Crippen LogP contribution in [-0.2, 0) is 6.54 Å². The molecule has 0 saturated carbocycles. The van der Waals surface area contributed by atoms with Crippen LogP contribution in [0.25, 0.3) is 0 Å². The molecule has 0 amide bonds. The molecule has 0 saturated heterocycles. The number of hydrogen-bond donors (Lipinski definition) is 3. The second-order valence-electron chi connectivity index (χ2n) is 4.14. The Morgan fingerprint density at radius 2 is 2.06 bits per heavy atom. The maximum Gasteiger partial charge on any atom is 0.123 e. The maximum atomic E-state index is 12.9. The van der Waals surface area contributed by atoms with Crippen molar-refractivity contribution in [3.05, 3.63) is 29.6 Å². The molecule has 0 aromatic heterocycles. The lowest BCUT2D eigenvalue weighted by molar-refractivity contribution is 0.170. The zero-order valence-corrected chi connectivity index (χ0v) is 9.57. The first kappa shape index (κ1) is 12.9. The maximum absolute atomic E-state index is 12.9. The summed E-state index contributed by atoms with van der Waals surface area (Å²) < 4.78 is 12.9. The van der Waals surface area contributed by atoms with Gasteiger partial charge >= 0.3 is 0 Å². The van der Waals surface area contributed by atoms with E-state index < -0.39 is 0 Å². The van der Waals surface area contributed by atoms with E-state index in [1.165, 1.54) is 18.2 Å². The Morgan fingerprint density at radius 1 is 1.38 bits per heavy atom. The molecule has 3 N–H and O–H groups in total. The highest BCUT2D eigenvalue weighted by Gasteiger charge is 2.07. The van der Waals surface area contributed by atoms with Crippen molar-refractivity contribution in [1.29, 1.82) is 0 Å². The third-order valence-corrected chi connectivity index (χ3v) is 2.38. The molecular weight excluding hydrogens is 209 g/mol. The number of aliphatic hydroxyl groups excluding tert-OH is 1. The quantitative estimate of drug-likeness (QED) is 0.718. The zero-order chi connectivity index (χ0) is 12.1. The molecule has 0 aliphatic heterocycles. The number of hydrogen-bond acceptors (Lipinski definition) is 3. The lowest BCUT2D eigenvalue weighted by atomic mass is 10.1. The number of nitrogens with one attached hydrogen (secondary N) is 1. The van der Waals surface area contributed by atoms with Gasteiger partial charge in [-0.2, -0.15) is 0 Å². The molecule has 2 unspecified atom stereocenters. The Labute approximate surface area is 94.9 Å². The smallest absolute Gasteiger partial charge is 0.123 e. The van der Waals surface area contributed by atoms with E-state index in [4.69, 9.17) is 5.11 Å². The monoisotopic (exact) mass is 227 g/mol. The zero-order valence-electron chi connectivity index (χ0n) is 9.57. The molecule has 1 aromatic rings. The van der Waals surface area contributed by atoms with Gasteiger partial charge in [-0.1, -0.05) is 0 Å². The first-order chi connectivity index (χ1) is 7.49. The summed E-state index contributed by atoms with van der Waals surface area (Å²) in [5.74, 6) is -0.282. The van der Waals surface area contributed by atoms with Crippen molar-refractivity contribution >= 4 is 0 Å². The molecule has 3 nitrogen and oxygen atoms in total. The molecule has 0 fully saturated rings. The molecule has 0 heterocycles. The first-order valence-electron chi connectivity index (χ1n) is 5.38. The largest absolute Gasteiger partial charge is 0.508 e. The topological polar surface area (TPSA) is 52.5 Å². The van der Waals surface area contributed by atoms with Gasteiger partial charge in [-0.05, 0) is 38.5 Å². The number of halogens is 1. The van der Waals surface area contributed by atoms with Crippen LogP contribution in [0, 0.1) is 5.82 Å². The van der Waals surface area contributed by atoms with Crippen molar-refractivity contribution in [3.63, 3.8) is 0 Å². The second kappa shape index (κ2) is 5.82. The summed E-state index contributed by atoms with van der Waals surface area (Å²) in [4.78, 5) is 0. The Morgan fingerprint density at radius 3 is 2.69 bits per heavy atom. The van der Waals surface area contributed by atoms with Crippen LogP contribution in [0.1, 0.15) is 25.8 Å². The average Bonchev–Trinajstić information content (AvgIpc) is 2.18. The van der Waals surface area contributed by atoms with E-state index in [-0.39, 0.29) is 23.7 Å². The lowest BCUT2D eigenvalue weighted by Crippen LogP contribution is -2.28. The normalized spacial score (nSPS) is 14.8. The molecule has 16 heavy (non-hydrogen) atoms. The minimum absolute atomic E-state index is 0.0816. The van der Waals surface area contributed by atoms with Crippen LogP contribution in [0.4, 0.5) is 4.39 Å². The van der Waals surface area contributed by atoms with Crippen molar-refractivity contribution in [2.75, 3.05) is 0 Å². The fourth-order valence-electron chi connectivity index (χ4n) is 1.57. The molecule has 0 spiro atoms. The summed E-state index contributed by atoms with van der Waals surface area (Å²) in [6, 6.07) is 3.98.